The number of thiophene rings is 1. The Kier molecular flexibility index (Phi) is 4.45. The monoisotopic (exact) mass is 353 g/mol. The van der Waals surface area contributed by atoms with Crippen LogP contribution in [0.3, 0.4) is 0 Å². The first-order valence-corrected chi connectivity index (χ1v) is 7.82. The van der Waals surface area contributed by atoms with E-state index in [2.05, 4.69) is 10.6 Å². The van der Waals surface area contributed by atoms with Crippen molar-refractivity contribution >= 4 is 34.0 Å². The number of benzene rings is 1. The lowest BCUT2D eigenvalue weighted by Gasteiger charge is -2.12. The zero-order valence-electron chi connectivity index (χ0n) is 12.3. The van der Waals surface area contributed by atoms with Crippen molar-refractivity contribution in [3.05, 3.63) is 45.8 Å². The first-order chi connectivity index (χ1) is 11.5. The lowest BCUT2D eigenvalue weighted by atomic mass is 10.1. The Morgan fingerprint density at radius 3 is 2.75 bits per heavy atom. The van der Waals surface area contributed by atoms with Gasteiger partial charge in [-0.2, -0.15) is 0 Å². The Balaban J connectivity index is 1.81. The molecule has 1 aromatic carbocycles. The van der Waals surface area contributed by atoms with E-state index >= 15 is 0 Å². The van der Waals surface area contributed by atoms with E-state index in [9.17, 15) is 18.4 Å². The Bertz CT molecular complexity index is 823. The number of urea groups is 1. The molecule has 0 atom stereocenters. The van der Waals surface area contributed by atoms with Crippen molar-refractivity contribution in [2.24, 2.45) is 5.73 Å². The number of halogens is 2. The van der Waals surface area contributed by atoms with E-state index in [0.717, 1.165) is 22.6 Å². The number of nitrogens with two attached hydrogens (primary N) is 1. The number of anilines is 2. The Labute approximate surface area is 139 Å². The minimum Gasteiger partial charge on any atom is -0.376 e. The van der Waals surface area contributed by atoms with Crippen LogP contribution in [-0.4, -0.2) is 18.5 Å². The SMILES string of the molecule is NC(=O)c1c(NC(=O)Nc2ccc(F)cc2F)sc2c1CCOC2. The number of nitrogens with one attached hydrogen (secondary N) is 2. The molecule has 0 fully saturated rings. The molecule has 126 valence electrons. The molecule has 1 aromatic heterocycles. The summed E-state index contributed by atoms with van der Waals surface area (Å²) in [6.07, 6.45) is 0.528. The van der Waals surface area contributed by atoms with Gasteiger partial charge in [0, 0.05) is 10.9 Å². The lowest BCUT2D eigenvalue weighted by molar-refractivity contribution is 0.0991. The lowest BCUT2D eigenvalue weighted by Crippen LogP contribution is -2.23. The molecule has 1 aliphatic rings. The molecular weight excluding hydrogens is 340 g/mol. The van der Waals surface area contributed by atoms with Crippen LogP contribution >= 0.6 is 11.3 Å². The van der Waals surface area contributed by atoms with Crippen LogP contribution in [0.1, 0.15) is 20.8 Å². The van der Waals surface area contributed by atoms with Crippen molar-refractivity contribution in [3.8, 4) is 0 Å². The van der Waals surface area contributed by atoms with Gasteiger partial charge in [-0.1, -0.05) is 0 Å². The first kappa shape index (κ1) is 16.3. The zero-order chi connectivity index (χ0) is 17.3. The second kappa shape index (κ2) is 6.54. The van der Waals surface area contributed by atoms with Gasteiger partial charge in [-0.3, -0.25) is 10.1 Å². The fraction of sp³-hybridized carbons (Fsp3) is 0.200. The van der Waals surface area contributed by atoms with Gasteiger partial charge in [0.15, 0.2) is 0 Å². The standard InChI is InChI=1S/C15H13F2N3O3S/c16-7-1-2-10(9(17)5-7)19-15(22)20-14-12(13(18)21)8-3-4-23-6-11(8)24-14/h1-2,5H,3-4,6H2,(H2,18,21)(H2,19,20,22). The van der Waals surface area contributed by atoms with E-state index in [-0.39, 0.29) is 16.3 Å². The fourth-order valence-corrected chi connectivity index (χ4v) is 3.61. The number of carbonyl (C=O) groups is 2. The van der Waals surface area contributed by atoms with Crippen LogP contribution in [0.4, 0.5) is 24.3 Å². The van der Waals surface area contributed by atoms with Crippen LogP contribution in [0.2, 0.25) is 0 Å². The maximum atomic E-state index is 13.6. The summed E-state index contributed by atoms with van der Waals surface area (Å²) in [6, 6.07) is 2.02. The van der Waals surface area contributed by atoms with E-state index in [4.69, 9.17) is 10.5 Å². The van der Waals surface area contributed by atoms with Gasteiger partial charge in [0.05, 0.1) is 24.5 Å². The molecule has 1 aliphatic heterocycles. The van der Waals surface area contributed by atoms with Crippen molar-refractivity contribution in [2.75, 3.05) is 17.2 Å². The quantitative estimate of drug-likeness (QED) is 0.792. The molecule has 0 saturated heterocycles. The molecule has 4 N–H and O–H groups in total. The number of carbonyl (C=O) groups excluding carboxylic acids is 2. The van der Waals surface area contributed by atoms with Crippen molar-refractivity contribution in [1.29, 1.82) is 0 Å². The molecule has 0 radical (unpaired) electrons. The Morgan fingerprint density at radius 1 is 1.25 bits per heavy atom. The number of primary amides is 1. The maximum absolute atomic E-state index is 13.6. The smallest absolute Gasteiger partial charge is 0.324 e. The van der Waals surface area contributed by atoms with E-state index in [1.165, 1.54) is 11.3 Å². The highest BCUT2D eigenvalue weighted by atomic mass is 32.1. The number of hydrogen-bond donors (Lipinski definition) is 3. The highest BCUT2D eigenvalue weighted by Crippen LogP contribution is 2.36. The summed E-state index contributed by atoms with van der Waals surface area (Å²) in [7, 11) is 0. The van der Waals surface area contributed by atoms with E-state index in [1.807, 2.05) is 0 Å². The van der Waals surface area contributed by atoms with Gasteiger partial charge in [-0.05, 0) is 24.1 Å². The molecule has 24 heavy (non-hydrogen) atoms. The molecule has 6 nitrogen and oxygen atoms in total. The topological polar surface area (TPSA) is 93.5 Å². The molecule has 0 aliphatic carbocycles. The number of hydrogen-bond acceptors (Lipinski definition) is 4. The molecule has 0 bridgehead atoms. The zero-order valence-corrected chi connectivity index (χ0v) is 13.1. The third-order valence-corrected chi connectivity index (χ3v) is 4.59. The minimum atomic E-state index is -0.904. The van der Waals surface area contributed by atoms with Crippen LogP contribution in [0.5, 0.6) is 0 Å². The second-order valence-corrected chi connectivity index (χ2v) is 6.18. The highest BCUT2D eigenvalue weighted by molar-refractivity contribution is 7.17. The van der Waals surface area contributed by atoms with Crippen molar-refractivity contribution < 1.29 is 23.1 Å². The molecule has 0 spiro atoms. The fourth-order valence-electron chi connectivity index (χ4n) is 2.43. The predicted molar refractivity (Wildman–Crippen MR) is 85.2 cm³/mol. The molecule has 3 rings (SSSR count). The summed E-state index contributed by atoms with van der Waals surface area (Å²) in [5.74, 6) is -2.31. The molecule has 0 unspecified atom stereocenters. The summed E-state index contributed by atoms with van der Waals surface area (Å²) in [5.41, 5.74) is 6.23. The third-order valence-electron chi connectivity index (χ3n) is 3.47. The van der Waals surface area contributed by atoms with E-state index < -0.39 is 23.6 Å². The van der Waals surface area contributed by atoms with Gasteiger partial charge >= 0.3 is 6.03 Å². The molecule has 3 amide bonds. The van der Waals surface area contributed by atoms with Gasteiger partial charge in [-0.15, -0.1) is 11.3 Å². The average molecular weight is 353 g/mol. The van der Waals surface area contributed by atoms with Crippen molar-refractivity contribution in [1.82, 2.24) is 0 Å². The number of rotatable bonds is 3. The summed E-state index contributed by atoms with van der Waals surface area (Å²) in [4.78, 5) is 24.6. The molecule has 9 heteroatoms. The average Bonchev–Trinajstić information content (AvgIpc) is 2.87. The Morgan fingerprint density at radius 2 is 2.04 bits per heavy atom. The maximum Gasteiger partial charge on any atom is 0.324 e. The van der Waals surface area contributed by atoms with Crippen LogP contribution in [0.25, 0.3) is 0 Å². The van der Waals surface area contributed by atoms with Crippen molar-refractivity contribution in [2.45, 2.75) is 13.0 Å². The highest BCUT2D eigenvalue weighted by Gasteiger charge is 2.25. The van der Waals surface area contributed by atoms with Gasteiger partial charge in [-0.25, -0.2) is 13.6 Å². The first-order valence-electron chi connectivity index (χ1n) is 7.01. The molecular formula is C15H13F2N3O3S. The number of ether oxygens (including phenoxy) is 1. The predicted octanol–water partition coefficient (Wildman–Crippen LogP) is 2.84. The van der Waals surface area contributed by atoms with Gasteiger partial charge in [0.2, 0.25) is 0 Å². The van der Waals surface area contributed by atoms with Gasteiger partial charge in [0.1, 0.15) is 16.6 Å². The van der Waals surface area contributed by atoms with Crippen LogP contribution in [-0.2, 0) is 17.8 Å². The van der Waals surface area contributed by atoms with Crippen LogP contribution < -0.4 is 16.4 Å². The van der Waals surface area contributed by atoms with Gasteiger partial charge in [0.25, 0.3) is 5.91 Å². The molecule has 2 heterocycles. The molecule has 2 aromatic rings. The second-order valence-electron chi connectivity index (χ2n) is 5.08. The van der Waals surface area contributed by atoms with E-state index in [0.29, 0.717) is 25.7 Å². The summed E-state index contributed by atoms with van der Waals surface area (Å²) in [5, 5.41) is 5.03. The normalized spacial score (nSPS) is 13.2. The summed E-state index contributed by atoms with van der Waals surface area (Å²) >= 11 is 1.18. The van der Waals surface area contributed by atoms with Gasteiger partial charge < -0.3 is 15.8 Å². The number of amides is 3. The third kappa shape index (κ3) is 3.22. The molecule has 0 saturated carbocycles. The largest absolute Gasteiger partial charge is 0.376 e. The minimum absolute atomic E-state index is 0.181. The Hall–Kier alpha value is -2.52. The number of fused-ring (bicyclic) bond motifs is 1. The summed E-state index contributed by atoms with van der Waals surface area (Å²) in [6.45, 7) is 0.812. The van der Waals surface area contributed by atoms with Crippen molar-refractivity contribution in [3.63, 3.8) is 0 Å². The van der Waals surface area contributed by atoms with E-state index in [1.54, 1.807) is 0 Å². The van der Waals surface area contributed by atoms with Crippen LogP contribution in [0, 0.1) is 11.6 Å². The van der Waals surface area contributed by atoms with Crippen LogP contribution in [0.15, 0.2) is 18.2 Å². The summed E-state index contributed by atoms with van der Waals surface area (Å²) < 4.78 is 31.8.